The average Bonchev–Trinajstić information content (AvgIpc) is 3.76. The average molecular weight is 617 g/mol. The standard InChI is InChI=1S/C33H37FN6O5/c1-43-27-15-11-24(12-16-27)32-36-38-40(37-32)21-30(41)39(19-18-22-8-17-28(44-2)29(20-22)45-3)31(23-9-13-25(34)14-10-23)33(42)35-26-6-4-5-7-26/h8-17,20,26,31H,4-7,18-19,21H2,1-3H3,(H,35,42). The van der Waals surface area contributed by atoms with Gasteiger partial charge < -0.3 is 24.4 Å². The predicted octanol–water partition coefficient (Wildman–Crippen LogP) is 4.38. The van der Waals surface area contributed by atoms with Crippen molar-refractivity contribution in [2.24, 2.45) is 0 Å². The van der Waals surface area contributed by atoms with Crippen molar-refractivity contribution in [3.05, 3.63) is 83.7 Å². The third kappa shape index (κ3) is 7.75. The maximum Gasteiger partial charge on any atom is 0.247 e. The molecule has 45 heavy (non-hydrogen) atoms. The fourth-order valence-corrected chi connectivity index (χ4v) is 5.53. The minimum atomic E-state index is -1.01. The highest BCUT2D eigenvalue weighted by molar-refractivity contribution is 5.89. The van der Waals surface area contributed by atoms with E-state index >= 15 is 0 Å². The van der Waals surface area contributed by atoms with Crippen LogP contribution in [-0.4, -0.2) is 70.8 Å². The minimum Gasteiger partial charge on any atom is -0.497 e. The molecule has 1 fully saturated rings. The second kappa shape index (κ2) is 14.7. The molecule has 236 valence electrons. The van der Waals surface area contributed by atoms with E-state index in [-0.39, 0.29) is 25.0 Å². The molecule has 4 aromatic rings. The lowest BCUT2D eigenvalue weighted by Gasteiger charge is -2.32. The van der Waals surface area contributed by atoms with Gasteiger partial charge in [0.25, 0.3) is 0 Å². The zero-order valence-electron chi connectivity index (χ0n) is 25.6. The predicted molar refractivity (Wildman–Crippen MR) is 164 cm³/mol. The summed E-state index contributed by atoms with van der Waals surface area (Å²) in [5.74, 6) is 1.02. The van der Waals surface area contributed by atoms with E-state index in [4.69, 9.17) is 14.2 Å². The number of halogens is 1. The van der Waals surface area contributed by atoms with Gasteiger partial charge in [-0.2, -0.15) is 4.80 Å². The van der Waals surface area contributed by atoms with Gasteiger partial charge in [-0.1, -0.05) is 31.0 Å². The molecule has 1 aliphatic carbocycles. The third-order valence-corrected chi connectivity index (χ3v) is 7.93. The molecular weight excluding hydrogens is 579 g/mol. The summed E-state index contributed by atoms with van der Waals surface area (Å²) in [4.78, 5) is 30.7. The van der Waals surface area contributed by atoms with E-state index < -0.39 is 17.8 Å². The van der Waals surface area contributed by atoms with Crippen LogP contribution >= 0.6 is 0 Å². The van der Waals surface area contributed by atoms with E-state index in [2.05, 4.69) is 20.7 Å². The Morgan fingerprint density at radius 1 is 0.956 bits per heavy atom. The number of carbonyl (C=O) groups excluding carboxylic acids is 2. The van der Waals surface area contributed by atoms with Gasteiger partial charge in [-0.15, -0.1) is 10.2 Å². The second-order valence-electron chi connectivity index (χ2n) is 10.8. The Balaban J connectivity index is 1.45. The Kier molecular flexibility index (Phi) is 10.2. The molecule has 0 bridgehead atoms. The van der Waals surface area contributed by atoms with Crippen LogP contribution < -0.4 is 19.5 Å². The number of benzene rings is 3. The van der Waals surface area contributed by atoms with Crippen molar-refractivity contribution in [1.29, 1.82) is 0 Å². The molecule has 0 aliphatic heterocycles. The SMILES string of the molecule is COc1ccc(-c2nnn(CC(=O)N(CCc3ccc(OC)c(OC)c3)C(C(=O)NC3CCCC3)c3ccc(F)cc3)n2)cc1. The molecule has 1 aromatic heterocycles. The molecule has 1 unspecified atom stereocenters. The summed E-state index contributed by atoms with van der Waals surface area (Å²) < 4.78 is 30.0. The first-order chi connectivity index (χ1) is 21.9. The molecule has 1 saturated carbocycles. The Morgan fingerprint density at radius 2 is 1.67 bits per heavy atom. The maximum atomic E-state index is 14.1. The maximum absolute atomic E-state index is 14.1. The molecule has 5 rings (SSSR count). The number of carbonyl (C=O) groups is 2. The van der Waals surface area contributed by atoms with Crippen LogP contribution in [0.4, 0.5) is 4.39 Å². The molecule has 1 atom stereocenters. The lowest BCUT2D eigenvalue weighted by molar-refractivity contribution is -0.142. The van der Waals surface area contributed by atoms with Crippen molar-refractivity contribution in [3.8, 4) is 28.6 Å². The highest BCUT2D eigenvalue weighted by atomic mass is 19.1. The minimum absolute atomic E-state index is 0.0206. The number of methoxy groups -OCH3 is 3. The van der Waals surface area contributed by atoms with Gasteiger partial charge in [0, 0.05) is 18.2 Å². The number of rotatable bonds is 13. The lowest BCUT2D eigenvalue weighted by atomic mass is 10.0. The molecule has 0 spiro atoms. The second-order valence-corrected chi connectivity index (χ2v) is 10.8. The molecule has 2 amide bonds. The molecule has 0 saturated heterocycles. The van der Waals surface area contributed by atoms with E-state index in [0.717, 1.165) is 31.2 Å². The van der Waals surface area contributed by atoms with Crippen molar-refractivity contribution in [3.63, 3.8) is 0 Å². The van der Waals surface area contributed by atoms with Gasteiger partial charge in [-0.05, 0) is 84.1 Å². The van der Waals surface area contributed by atoms with E-state index in [0.29, 0.717) is 40.6 Å². The molecular formula is C33H37FN6O5. The largest absolute Gasteiger partial charge is 0.497 e. The fraction of sp³-hybridized carbons (Fsp3) is 0.364. The first kappa shape index (κ1) is 31.4. The quantitative estimate of drug-likeness (QED) is 0.235. The zero-order chi connectivity index (χ0) is 31.8. The van der Waals surface area contributed by atoms with Gasteiger partial charge in [0.05, 0.1) is 21.3 Å². The normalized spacial score (nSPS) is 13.7. The Labute approximate surface area is 261 Å². The number of hydrogen-bond acceptors (Lipinski definition) is 8. The summed E-state index contributed by atoms with van der Waals surface area (Å²) >= 11 is 0. The van der Waals surface area contributed by atoms with E-state index in [1.54, 1.807) is 63.8 Å². The monoisotopic (exact) mass is 616 g/mol. The van der Waals surface area contributed by atoms with Gasteiger partial charge in [0.2, 0.25) is 17.6 Å². The topological polar surface area (TPSA) is 121 Å². The van der Waals surface area contributed by atoms with Crippen LogP contribution in [-0.2, 0) is 22.6 Å². The molecule has 12 heteroatoms. The molecule has 1 heterocycles. The van der Waals surface area contributed by atoms with Crippen molar-refractivity contribution < 1.29 is 28.2 Å². The van der Waals surface area contributed by atoms with Crippen LogP contribution in [0, 0.1) is 5.82 Å². The number of tetrazole rings is 1. The van der Waals surface area contributed by atoms with E-state index in [9.17, 15) is 14.0 Å². The summed E-state index contributed by atoms with van der Waals surface area (Å²) in [6.45, 7) is -0.0853. The summed E-state index contributed by atoms with van der Waals surface area (Å²) in [6.07, 6.45) is 4.21. The first-order valence-electron chi connectivity index (χ1n) is 14.9. The molecule has 1 N–H and O–H groups in total. The number of ether oxygens (including phenoxy) is 3. The third-order valence-electron chi connectivity index (χ3n) is 7.93. The van der Waals surface area contributed by atoms with Crippen molar-refractivity contribution in [2.75, 3.05) is 27.9 Å². The summed E-state index contributed by atoms with van der Waals surface area (Å²) in [7, 11) is 4.70. The van der Waals surface area contributed by atoms with Crippen LogP contribution in [0.1, 0.15) is 42.9 Å². The van der Waals surface area contributed by atoms with Gasteiger partial charge in [0.15, 0.2) is 11.5 Å². The summed E-state index contributed by atoms with van der Waals surface area (Å²) in [6, 6.07) is 17.4. The van der Waals surface area contributed by atoms with Crippen LogP contribution in [0.25, 0.3) is 11.4 Å². The van der Waals surface area contributed by atoms with Gasteiger partial charge >= 0.3 is 0 Å². The highest BCUT2D eigenvalue weighted by Gasteiger charge is 2.33. The highest BCUT2D eigenvalue weighted by Crippen LogP contribution is 2.29. The van der Waals surface area contributed by atoms with Crippen molar-refractivity contribution in [1.82, 2.24) is 30.4 Å². The Morgan fingerprint density at radius 3 is 2.33 bits per heavy atom. The van der Waals surface area contributed by atoms with Crippen molar-refractivity contribution >= 4 is 11.8 Å². The van der Waals surface area contributed by atoms with Crippen molar-refractivity contribution in [2.45, 2.75) is 50.7 Å². The number of aromatic nitrogens is 4. The lowest BCUT2D eigenvalue weighted by Crippen LogP contribution is -2.47. The number of amides is 2. The summed E-state index contributed by atoms with van der Waals surface area (Å²) in [5, 5.41) is 15.8. The summed E-state index contributed by atoms with van der Waals surface area (Å²) in [5.41, 5.74) is 2.08. The molecule has 11 nitrogen and oxygen atoms in total. The van der Waals surface area contributed by atoms with Crippen LogP contribution in [0.5, 0.6) is 17.2 Å². The number of nitrogens with zero attached hydrogens (tertiary/aromatic N) is 5. The Bertz CT molecular complexity index is 1590. The van der Waals surface area contributed by atoms with Crippen LogP contribution in [0.3, 0.4) is 0 Å². The van der Waals surface area contributed by atoms with Crippen LogP contribution in [0.15, 0.2) is 66.7 Å². The van der Waals surface area contributed by atoms with E-state index in [1.165, 1.54) is 21.8 Å². The molecule has 3 aromatic carbocycles. The molecule has 1 aliphatic rings. The number of hydrogen-bond donors (Lipinski definition) is 1. The van der Waals surface area contributed by atoms with E-state index in [1.807, 2.05) is 12.1 Å². The fourth-order valence-electron chi connectivity index (χ4n) is 5.53. The van der Waals surface area contributed by atoms with Gasteiger partial charge in [-0.3, -0.25) is 9.59 Å². The van der Waals surface area contributed by atoms with Gasteiger partial charge in [0.1, 0.15) is 24.2 Å². The molecule has 0 radical (unpaired) electrons. The van der Waals surface area contributed by atoms with Gasteiger partial charge in [-0.25, -0.2) is 4.39 Å². The van der Waals surface area contributed by atoms with Crippen LogP contribution in [0.2, 0.25) is 0 Å². The Hall–Kier alpha value is -5.00. The first-order valence-corrected chi connectivity index (χ1v) is 14.9. The smallest absolute Gasteiger partial charge is 0.247 e. The zero-order valence-corrected chi connectivity index (χ0v) is 25.6. The number of nitrogens with one attached hydrogen (secondary N) is 1.